The van der Waals surface area contributed by atoms with Gasteiger partial charge in [0, 0.05) is 24.2 Å². The summed E-state index contributed by atoms with van der Waals surface area (Å²) in [5.74, 6) is 0.418. The third-order valence-corrected chi connectivity index (χ3v) is 11.1. The fourth-order valence-corrected chi connectivity index (χ4v) is 7.95. The molecule has 4 nitrogen and oxygen atoms in total. The maximum absolute atomic E-state index is 14.7. The second-order valence-electron chi connectivity index (χ2n) is 17.4. The lowest BCUT2D eigenvalue weighted by atomic mass is 9.87. The molecule has 0 unspecified atom stereocenters. The lowest BCUT2D eigenvalue weighted by Crippen LogP contribution is -2.50. The smallest absolute Gasteiger partial charge is 0.338 e. The van der Waals surface area contributed by atoms with Gasteiger partial charge in [0.15, 0.2) is 0 Å². The average Bonchev–Trinajstić information content (AvgIpc) is 3.14. The van der Waals surface area contributed by atoms with Crippen LogP contribution in [0.1, 0.15) is 152 Å². The highest BCUT2D eigenvalue weighted by Crippen LogP contribution is 2.42. The number of hydrogen-bond acceptors (Lipinski definition) is 2. The van der Waals surface area contributed by atoms with Gasteiger partial charge >= 0.3 is 18.5 Å². The van der Waals surface area contributed by atoms with Crippen molar-refractivity contribution < 1.29 is 39.5 Å². The van der Waals surface area contributed by atoms with Gasteiger partial charge in [-0.05, 0) is 109 Å². The van der Waals surface area contributed by atoms with Crippen LogP contribution in [0.3, 0.4) is 0 Å². The number of hydrogen-bond donors (Lipinski definition) is 0. The SMILES string of the molecule is Cc1cc(C)c(N=C(c2cc(C(F)(F)F)cc(C(F)(F)F)c2)N2CCCN(C(=Nc3c(C(C)C)cccc3C(C)C)c3c(C)cc(C(C)C)cc3C(C)C)C2)c(C(F)(F)F)c1. The molecule has 1 aliphatic rings. The number of amidine groups is 2. The summed E-state index contributed by atoms with van der Waals surface area (Å²) in [7, 11) is 0. The molecule has 0 aromatic heterocycles. The third kappa shape index (κ3) is 10.6. The van der Waals surface area contributed by atoms with Crippen molar-refractivity contribution in [2.24, 2.45) is 9.98 Å². The summed E-state index contributed by atoms with van der Waals surface area (Å²) in [4.78, 5) is 13.4. The van der Waals surface area contributed by atoms with E-state index in [0.717, 1.165) is 45.1 Å². The van der Waals surface area contributed by atoms with Crippen molar-refractivity contribution in [3.8, 4) is 0 Å². The monoisotopic (exact) mass is 858 g/mol. The Kier molecular flexibility index (Phi) is 13.9. The molecule has 1 heterocycles. The summed E-state index contributed by atoms with van der Waals surface area (Å²) in [5.41, 5.74) is 1.33. The van der Waals surface area contributed by atoms with Crippen molar-refractivity contribution >= 4 is 23.0 Å². The highest BCUT2D eigenvalue weighted by Gasteiger charge is 2.39. The van der Waals surface area contributed by atoms with E-state index in [0.29, 0.717) is 30.9 Å². The van der Waals surface area contributed by atoms with Crippen LogP contribution in [-0.4, -0.2) is 41.2 Å². The fourth-order valence-electron chi connectivity index (χ4n) is 7.95. The van der Waals surface area contributed by atoms with Crippen LogP contribution in [0.2, 0.25) is 0 Å². The van der Waals surface area contributed by atoms with Crippen LogP contribution in [0, 0.1) is 20.8 Å². The molecule has 0 radical (unpaired) electrons. The zero-order chi connectivity index (χ0) is 45.5. The predicted molar refractivity (Wildman–Crippen MR) is 227 cm³/mol. The van der Waals surface area contributed by atoms with Crippen molar-refractivity contribution in [3.63, 3.8) is 0 Å². The van der Waals surface area contributed by atoms with Gasteiger partial charge in [-0.2, -0.15) is 39.5 Å². The molecule has 1 fully saturated rings. The highest BCUT2D eigenvalue weighted by atomic mass is 19.4. The summed E-state index contributed by atoms with van der Waals surface area (Å²) in [5, 5.41) is 0. The van der Waals surface area contributed by atoms with Crippen LogP contribution in [0.5, 0.6) is 0 Å². The Morgan fingerprint density at radius 2 is 1.05 bits per heavy atom. The summed E-state index contributed by atoms with van der Waals surface area (Å²) in [6, 6.07) is 13.7. The van der Waals surface area contributed by atoms with Gasteiger partial charge in [-0.3, -0.25) is 0 Å². The Morgan fingerprint density at radius 3 is 1.52 bits per heavy atom. The normalized spacial score (nSPS) is 15.0. The molecule has 13 heteroatoms. The standard InChI is InChI=1S/C48H55F9N4/c1-26(2)33-20-31(10)41(39(23-33)29(7)8)45(59-43-37(27(3)4)14-12-15-38(43)28(5)6)61-17-13-16-60(25-61)44(58-42-32(11)18-30(9)19-40(42)48(55,56)57)34-21-35(46(49,50)51)24-36(22-34)47(52,53)54/h12,14-15,18-24,26-29H,13,16-17,25H2,1-11H3. The number of nitrogens with zero attached hydrogens (tertiary/aromatic N) is 4. The van der Waals surface area contributed by atoms with E-state index in [1.165, 1.54) is 24.8 Å². The summed E-state index contributed by atoms with van der Waals surface area (Å²) in [6.07, 6.45) is -15.0. The van der Waals surface area contributed by atoms with Crippen molar-refractivity contribution in [1.82, 2.24) is 9.80 Å². The summed E-state index contributed by atoms with van der Waals surface area (Å²) in [6.45, 7) is 21.7. The summed E-state index contributed by atoms with van der Waals surface area (Å²) < 4.78 is 130. The molecule has 0 amide bonds. The fraction of sp³-hybridized carbons (Fsp3) is 0.458. The van der Waals surface area contributed by atoms with Gasteiger partial charge in [-0.15, -0.1) is 0 Å². The number of rotatable bonds is 8. The second-order valence-corrected chi connectivity index (χ2v) is 17.4. The molecule has 0 N–H and O–H groups in total. The number of benzene rings is 4. The van der Waals surface area contributed by atoms with Crippen LogP contribution < -0.4 is 0 Å². The molecule has 1 aliphatic heterocycles. The van der Waals surface area contributed by atoms with Crippen LogP contribution >= 0.6 is 0 Å². The van der Waals surface area contributed by atoms with E-state index in [1.54, 1.807) is 0 Å². The molecule has 61 heavy (non-hydrogen) atoms. The molecular formula is C48H55F9N4. The van der Waals surface area contributed by atoms with Gasteiger partial charge < -0.3 is 9.80 Å². The minimum atomic E-state index is -5.21. The van der Waals surface area contributed by atoms with Crippen LogP contribution in [-0.2, 0) is 18.5 Å². The van der Waals surface area contributed by atoms with E-state index < -0.39 is 52.3 Å². The number of para-hydroxylation sites is 1. The van der Waals surface area contributed by atoms with Crippen molar-refractivity contribution in [1.29, 1.82) is 0 Å². The Labute approximate surface area is 353 Å². The van der Waals surface area contributed by atoms with E-state index in [1.807, 2.05) is 30.0 Å². The first kappa shape index (κ1) is 47.2. The van der Waals surface area contributed by atoms with Gasteiger partial charge in [0.2, 0.25) is 0 Å². The maximum Gasteiger partial charge on any atom is 0.418 e. The number of aryl methyl sites for hydroxylation is 3. The number of halogens is 9. The molecule has 0 spiro atoms. The zero-order valence-corrected chi connectivity index (χ0v) is 36.6. The van der Waals surface area contributed by atoms with Crippen LogP contribution in [0.25, 0.3) is 0 Å². The van der Waals surface area contributed by atoms with Crippen LogP contribution in [0.4, 0.5) is 50.9 Å². The van der Waals surface area contributed by atoms with Crippen molar-refractivity contribution in [2.45, 2.75) is 125 Å². The minimum Gasteiger partial charge on any atom is -0.338 e. The third-order valence-electron chi connectivity index (χ3n) is 11.1. The van der Waals surface area contributed by atoms with Gasteiger partial charge in [0.25, 0.3) is 0 Å². The van der Waals surface area contributed by atoms with E-state index in [9.17, 15) is 39.5 Å². The Morgan fingerprint density at radius 1 is 0.541 bits per heavy atom. The van der Waals surface area contributed by atoms with Gasteiger partial charge in [-0.25, -0.2) is 9.98 Å². The van der Waals surface area contributed by atoms with Crippen molar-refractivity contribution in [2.75, 3.05) is 19.8 Å². The van der Waals surface area contributed by atoms with Gasteiger partial charge in [0.1, 0.15) is 11.7 Å². The lowest BCUT2D eigenvalue weighted by Gasteiger charge is -2.40. The van der Waals surface area contributed by atoms with Gasteiger partial charge in [0.05, 0.1) is 34.7 Å². The maximum atomic E-state index is 14.7. The zero-order valence-electron chi connectivity index (χ0n) is 36.6. The number of alkyl halides is 9. The molecule has 0 atom stereocenters. The molecule has 4 aromatic rings. The van der Waals surface area contributed by atoms with E-state index in [-0.39, 0.29) is 54.1 Å². The number of aliphatic imine (C=N–C) groups is 2. The average molecular weight is 859 g/mol. The second kappa shape index (κ2) is 17.9. The topological polar surface area (TPSA) is 31.2 Å². The Hall–Kier alpha value is -4.81. The molecule has 0 saturated carbocycles. The summed E-state index contributed by atoms with van der Waals surface area (Å²) >= 11 is 0. The molecular weight excluding hydrogens is 804 g/mol. The molecule has 0 bridgehead atoms. The first-order chi connectivity index (χ1) is 28.2. The highest BCUT2D eigenvalue weighted by molar-refractivity contribution is 6.05. The van der Waals surface area contributed by atoms with Crippen LogP contribution in [0.15, 0.2) is 70.6 Å². The van der Waals surface area contributed by atoms with E-state index >= 15 is 0 Å². The predicted octanol–water partition coefficient (Wildman–Crippen LogP) is 15.0. The quantitative estimate of drug-likeness (QED) is 0.100. The van der Waals surface area contributed by atoms with Gasteiger partial charge in [-0.1, -0.05) is 97.4 Å². The first-order valence-corrected chi connectivity index (χ1v) is 20.6. The molecule has 1 saturated heterocycles. The largest absolute Gasteiger partial charge is 0.418 e. The first-order valence-electron chi connectivity index (χ1n) is 20.6. The minimum absolute atomic E-state index is 0.00216. The molecule has 5 rings (SSSR count). The Balaban J connectivity index is 1.87. The van der Waals surface area contributed by atoms with E-state index in [4.69, 9.17) is 4.99 Å². The molecule has 0 aliphatic carbocycles. The molecule has 330 valence electrons. The van der Waals surface area contributed by atoms with Crippen molar-refractivity contribution in [3.05, 3.63) is 127 Å². The lowest BCUT2D eigenvalue weighted by molar-refractivity contribution is -0.143. The Bertz CT molecular complexity index is 2240. The molecule has 4 aromatic carbocycles. The van der Waals surface area contributed by atoms with E-state index in [2.05, 4.69) is 72.5 Å².